The van der Waals surface area contributed by atoms with Crippen molar-refractivity contribution in [1.82, 2.24) is 24.9 Å². The van der Waals surface area contributed by atoms with E-state index in [1.807, 2.05) is 18.2 Å². The Morgan fingerprint density at radius 2 is 1.85 bits per heavy atom. The Morgan fingerprint density at radius 3 is 2.64 bits per heavy atom. The Labute approximate surface area is 188 Å². The van der Waals surface area contributed by atoms with Crippen molar-refractivity contribution in [3.8, 4) is 11.1 Å². The van der Waals surface area contributed by atoms with Crippen molar-refractivity contribution in [1.29, 1.82) is 0 Å². The van der Waals surface area contributed by atoms with E-state index in [1.165, 1.54) is 24.8 Å². The van der Waals surface area contributed by atoms with Crippen LogP contribution in [0.15, 0.2) is 66.1 Å². The van der Waals surface area contributed by atoms with Crippen molar-refractivity contribution in [2.24, 2.45) is 0 Å². The number of hydrogen-bond acceptors (Lipinski definition) is 7. The highest BCUT2D eigenvalue weighted by atomic mass is 32.2. The fourth-order valence-electron chi connectivity index (χ4n) is 3.94. The molecule has 0 atom stereocenters. The van der Waals surface area contributed by atoms with Crippen LogP contribution in [0.25, 0.3) is 33.2 Å². The van der Waals surface area contributed by atoms with Gasteiger partial charge in [0.25, 0.3) is 0 Å². The number of rotatable bonds is 6. The quantitative estimate of drug-likeness (QED) is 0.395. The molecular weight excluding hydrogens is 443 g/mol. The van der Waals surface area contributed by atoms with Crippen LogP contribution in [-0.2, 0) is 16.3 Å². The molecule has 10 heteroatoms. The second kappa shape index (κ2) is 8.21. The third-order valence-electron chi connectivity index (χ3n) is 5.30. The molecule has 0 saturated carbocycles. The van der Waals surface area contributed by atoms with E-state index in [1.54, 1.807) is 18.2 Å². The molecule has 5 aromatic rings. The number of aromatic nitrogens is 5. The van der Waals surface area contributed by atoms with Gasteiger partial charge in [0.05, 0.1) is 27.8 Å². The van der Waals surface area contributed by atoms with Crippen molar-refractivity contribution in [2.45, 2.75) is 11.3 Å². The third-order valence-corrected chi connectivity index (χ3v) is 6.45. The van der Waals surface area contributed by atoms with Crippen LogP contribution >= 0.6 is 0 Å². The second-order valence-electron chi connectivity index (χ2n) is 7.53. The monoisotopic (exact) mass is 462 g/mol. The van der Waals surface area contributed by atoms with Crippen LogP contribution in [0.5, 0.6) is 0 Å². The van der Waals surface area contributed by atoms with E-state index in [2.05, 4.69) is 30.2 Å². The minimum absolute atomic E-state index is 0.00512. The summed E-state index contributed by atoms with van der Waals surface area (Å²) in [5.41, 5.74) is 3.11. The van der Waals surface area contributed by atoms with Crippen molar-refractivity contribution >= 4 is 37.7 Å². The van der Waals surface area contributed by atoms with Crippen LogP contribution in [-0.4, -0.2) is 46.1 Å². The topological polar surface area (TPSA) is 114 Å². The molecule has 2 N–H and O–H groups in total. The average Bonchev–Trinajstić information content (AvgIpc) is 3.28. The smallest absolute Gasteiger partial charge is 0.182 e. The highest BCUT2D eigenvalue weighted by Crippen LogP contribution is 2.37. The number of benzene rings is 2. The van der Waals surface area contributed by atoms with Gasteiger partial charge >= 0.3 is 0 Å². The molecule has 0 unspecified atom stereocenters. The van der Waals surface area contributed by atoms with Crippen molar-refractivity contribution < 1.29 is 12.8 Å². The SMILES string of the molecule is CS(=O)(=O)c1c(-c2ccccc2)c(CCNc2ncnc3nc[nH]c23)nc2cccc(F)c12. The second-order valence-corrected chi connectivity index (χ2v) is 9.49. The van der Waals surface area contributed by atoms with Gasteiger partial charge in [0, 0.05) is 24.8 Å². The summed E-state index contributed by atoms with van der Waals surface area (Å²) in [6.07, 6.45) is 4.42. The Hall–Kier alpha value is -3.92. The van der Waals surface area contributed by atoms with Gasteiger partial charge in [0.2, 0.25) is 0 Å². The molecule has 0 bridgehead atoms. The average molecular weight is 463 g/mol. The number of imidazole rings is 1. The highest BCUT2D eigenvalue weighted by Gasteiger charge is 2.25. The largest absolute Gasteiger partial charge is 0.368 e. The first-order valence-electron chi connectivity index (χ1n) is 10.2. The lowest BCUT2D eigenvalue weighted by Gasteiger charge is -2.17. The molecule has 0 aliphatic rings. The summed E-state index contributed by atoms with van der Waals surface area (Å²) < 4.78 is 40.7. The molecule has 2 aromatic carbocycles. The maximum absolute atomic E-state index is 14.9. The maximum Gasteiger partial charge on any atom is 0.182 e. The molecule has 3 aromatic heterocycles. The van der Waals surface area contributed by atoms with E-state index in [-0.39, 0.29) is 10.3 Å². The Balaban J connectivity index is 1.64. The summed E-state index contributed by atoms with van der Waals surface area (Å²) in [5, 5.41) is 3.24. The number of fused-ring (bicyclic) bond motifs is 2. The van der Waals surface area contributed by atoms with Crippen molar-refractivity contribution in [3.63, 3.8) is 0 Å². The van der Waals surface area contributed by atoms with E-state index < -0.39 is 15.7 Å². The zero-order valence-corrected chi connectivity index (χ0v) is 18.4. The highest BCUT2D eigenvalue weighted by molar-refractivity contribution is 7.91. The Kier molecular flexibility index (Phi) is 5.21. The molecule has 33 heavy (non-hydrogen) atoms. The summed E-state index contributed by atoms with van der Waals surface area (Å²) in [7, 11) is -3.79. The summed E-state index contributed by atoms with van der Waals surface area (Å²) in [5.74, 6) is -0.0427. The number of aromatic amines is 1. The predicted octanol–water partition coefficient (Wildman–Crippen LogP) is 3.77. The van der Waals surface area contributed by atoms with Crippen LogP contribution in [0.4, 0.5) is 10.2 Å². The molecular formula is C23H19FN6O2S. The number of anilines is 1. The van der Waals surface area contributed by atoms with E-state index in [9.17, 15) is 12.8 Å². The van der Waals surface area contributed by atoms with Crippen LogP contribution in [0.3, 0.4) is 0 Å². The number of pyridine rings is 1. The molecule has 0 aliphatic carbocycles. The first kappa shape index (κ1) is 21.0. The molecule has 0 amide bonds. The van der Waals surface area contributed by atoms with Gasteiger partial charge in [0.15, 0.2) is 21.3 Å². The molecule has 0 fully saturated rings. The molecule has 0 spiro atoms. The fourth-order valence-corrected chi connectivity index (χ4v) is 5.12. The number of sulfone groups is 1. The van der Waals surface area contributed by atoms with E-state index in [4.69, 9.17) is 0 Å². The van der Waals surface area contributed by atoms with Gasteiger partial charge in [0.1, 0.15) is 17.7 Å². The van der Waals surface area contributed by atoms with Crippen LogP contribution in [0.2, 0.25) is 0 Å². The Bertz CT molecular complexity index is 1590. The molecule has 3 heterocycles. The molecule has 8 nitrogen and oxygen atoms in total. The number of nitrogens with one attached hydrogen (secondary N) is 2. The van der Waals surface area contributed by atoms with E-state index >= 15 is 0 Å². The fraction of sp³-hybridized carbons (Fsp3) is 0.130. The van der Waals surface area contributed by atoms with Gasteiger partial charge in [-0.1, -0.05) is 36.4 Å². The number of halogens is 1. The van der Waals surface area contributed by atoms with Crippen LogP contribution in [0, 0.1) is 5.82 Å². The lowest BCUT2D eigenvalue weighted by atomic mass is 9.99. The van der Waals surface area contributed by atoms with Crippen LogP contribution < -0.4 is 5.32 Å². The summed E-state index contributed by atoms with van der Waals surface area (Å²) in [4.78, 5) is 20.1. The van der Waals surface area contributed by atoms with Gasteiger partial charge in [-0.3, -0.25) is 4.98 Å². The number of hydrogen-bond donors (Lipinski definition) is 2. The summed E-state index contributed by atoms with van der Waals surface area (Å²) in [6.45, 7) is 0.405. The zero-order chi connectivity index (χ0) is 23.0. The molecule has 0 radical (unpaired) electrons. The van der Waals surface area contributed by atoms with E-state index in [0.717, 1.165) is 6.26 Å². The molecule has 0 aliphatic heterocycles. The minimum atomic E-state index is -3.79. The van der Waals surface area contributed by atoms with Crippen molar-refractivity contribution in [2.75, 3.05) is 18.1 Å². The molecule has 5 rings (SSSR count). The lowest BCUT2D eigenvalue weighted by Crippen LogP contribution is -2.12. The summed E-state index contributed by atoms with van der Waals surface area (Å²) >= 11 is 0. The normalized spacial score (nSPS) is 11.8. The number of nitrogens with zero attached hydrogens (tertiary/aromatic N) is 4. The minimum Gasteiger partial charge on any atom is -0.368 e. The number of H-pyrrole nitrogens is 1. The van der Waals surface area contributed by atoms with Gasteiger partial charge < -0.3 is 10.3 Å². The van der Waals surface area contributed by atoms with E-state index in [0.29, 0.717) is 52.3 Å². The maximum atomic E-state index is 14.9. The van der Waals surface area contributed by atoms with Gasteiger partial charge in [-0.05, 0) is 17.7 Å². The van der Waals surface area contributed by atoms with Gasteiger partial charge in [-0.25, -0.2) is 27.8 Å². The van der Waals surface area contributed by atoms with Gasteiger partial charge in [-0.15, -0.1) is 0 Å². The zero-order valence-electron chi connectivity index (χ0n) is 17.6. The van der Waals surface area contributed by atoms with Gasteiger partial charge in [-0.2, -0.15) is 0 Å². The third kappa shape index (κ3) is 3.89. The van der Waals surface area contributed by atoms with Crippen molar-refractivity contribution in [3.05, 3.63) is 72.7 Å². The lowest BCUT2D eigenvalue weighted by molar-refractivity contribution is 0.600. The van der Waals surface area contributed by atoms with Crippen LogP contribution in [0.1, 0.15) is 5.69 Å². The first-order valence-corrected chi connectivity index (χ1v) is 12.1. The standard InChI is InChI=1S/C23H19FN6O2S/c1-33(31,32)21-18(14-6-3-2-4-7-14)17(30-16-9-5-8-15(24)19(16)21)10-11-25-22-20-23(27-12-26-20)29-13-28-22/h2-9,12-13H,10-11H2,1H3,(H2,25,26,27,28,29). The predicted molar refractivity (Wildman–Crippen MR) is 124 cm³/mol. The molecule has 166 valence electrons. The molecule has 0 saturated heterocycles. The Morgan fingerprint density at radius 1 is 1.03 bits per heavy atom. The summed E-state index contributed by atoms with van der Waals surface area (Å²) in [6, 6.07) is 13.5. The first-order chi connectivity index (χ1) is 15.9.